The third-order valence-corrected chi connectivity index (χ3v) is 2.17. The van der Waals surface area contributed by atoms with Crippen LogP contribution in [0.25, 0.3) is 0 Å². The fourth-order valence-corrected chi connectivity index (χ4v) is 1.42. The number of rotatable bonds is 3. The molecular weight excluding hydrogens is 248 g/mol. The third kappa shape index (κ3) is 3.80. The number of carbonyl (C=O) groups excluding carboxylic acids is 1. The van der Waals surface area contributed by atoms with Crippen LogP contribution in [-0.2, 0) is 4.74 Å². The van der Waals surface area contributed by atoms with E-state index in [1.165, 1.54) is 18.2 Å². The molecule has 0 saturated carbocycles. The van der Waals surface area contributed by atoms with E-state index in [4.69, 9.17) is 21.0 Å². The lowest BCUT2D eigenvalue weighted by Gasteiger charge is -2.19. The number of hydrogen-bond acceptors (Lipinski definition) is 4. The molecule has 0 spiro atoms. The lowest BCUT2D eigenvalue weighted by atomic mass is 10.0. The number of nitrogens with two attached hydrogens (primary N) is 1. The van der Waals surface area contributed by atoms with Crippen molar-refractivity contribution >= 4 is 17.8 Å². The Morgan fingerprint density at radius 1 is 1.26 bits per heavy atom. The number of nitrogen functional groups attached to an aromatic ring is 1. The molecule has 0 bridgehead atoms. The molecule has 6 heteroatoms. The van der Waals surface area contributed by atoms with Gasteiger partial charge in [0.25, 0.3) is 0 Å². The molecule has 1 rings (SSSR count). The SMILES string of the molecule is CC(C)(C)OC(=O)c1ccc(C(=O)O)c(C(=N)N)c1. The number of benzene rings is 1. The zero-order valence-corrected chi connectivity index (χ0v) is 11.0. The predicted molar refractivity (Wildman–Crippen MR) is 69.6 cm³/mol. The monoisotopic (exact) mass is 264 g/mol. The molecular formula is C13H16N2O4. The molecule has 0 saturated heterocycles. The summed E-state index contributed by atoms with van der Waals surface area (Å²) in [5.41, 5.74) is 4.69. The van der Waals surface area contributed by atoms with Gasteiger partial charge in [-0.1, -0.05) is 0 Å². The molecule has 0 amide bonds. The predicted octanol–water partition coefficient (Wildman–Crippen LogP) is 1.62. The van der Waals surface area contributed by atoms with Gasteiger partial charge < -0.3 is 15.6 Å². The second-order valence-electron chi connectivity index (χ2n) is 4.98. The van der Waals surface area contributed by atoms with Gasteiger partial charge in [-0.2, -0.15) is 0 Å². The minimum atomic E-state index is -1.21. The topological polar surface area (TPSA) is 113 Å². The number of ether oxygens (including phenoxy) is 1. The van der Waals surface area contributed by atoms with Crippen molar-refractivity contribution in [2.75, 3.05) is 0 Å². The Kier molecular flexibility index (Phi) is 3.94. The van der Waals surface area contributed by atoms with Crippen molar-refractivity contribution in [1.82, 2.24) is 0 Å². The van der Waals surface area contributed by atoms with Crippen molar-refractivity contribution < 1.29 is 19.4 Å². The number of aromatic carboxylic acids is 1. The molecule has 0 aliphatic carbocycles. The average molecular weight is 264 g/mol. The van der Waals surface area contributed by atoms with Gasteiger partial charge in [0.15, 0.2) is 0 Å². The van der Waals surface area contributed by atoms with Gasteiger partial charge in [0.05, 0.1) is 11.1 Å². The number of hydrogen-bond donors (Lipinski definition) is 3. The summed E-state index contributed by atoms with van der Waals surface area (Å²) in [7, 11) is 0. The van der Waals surface area contributed by atoms with Crippen LogP contribution in [0.4, 0.5) is 0 Å². The first-order chi connectivity index (χ1) is 8.61. The Bertz CT molecular complexity index is 544. The van der Waals surface area contributed by atoms with Gasteiger partial charge in [0.2, 0.25) is 0 Å². The zero-order valence-electron chi connectivity index (χ0n) is 11.0. The highest BCUT2D eigenvalue weighted by Gasteiger charge is 2.20. The van der Waals surface area contributed by atoms with Crippen LogP contribution in [0.2, 0.25) is 0 Å². The summed E-state index contributed by atoms with van der Waals surface area (Å²) in [6.07, 6.45) is 0. The molecule has 0 heterocycles. The van der Waals surface area contributed by atoms with E-state index < -0.39 is 23.4 Å². The molecule has 1 aromatic carbocycles. The number of amidine groups is 1. The van der Waals surface area contributed by atoms with Crippen LogP contribution < -0.4 is 5.73 Å². The van der Waals surface area contributed by atoms with Crippen molar-refractivity contribution in [2.24, 2.45) is 5.73 Å². The Balaban J connectivity index is 3.19. The Morgan fingerprint density at radius 3 is 2.26 bits per heavy atom. The summed E-state index contributed by atoms with van der Waals surface area (Å²) in [5.74, 6) is -2.21. The van der Waals surface area contributed by atoms with Crippen molar-refractivity contribution in [2.45, 2.75) is 26.4 Å². The molecule has 1 aromatic rings. The maximum Gasteiger partial charge on any atom is 0.338 e. The van der Waals surface area contributed by atoms with E-state index in [-0.39, 0.29) is 16.7 Å². The summed E-state index contributed by atoms with van der Waals surface area (Å²) in [6, 6.07) is 3.82. The first kappa shape index (κ1) is 14.7. The molecule has 0 atom stereocenters. The minimum absolute atomic E-state index is 0.00383. The van der Waals surface area contributed by atoms with Crippen LogP contribution in [0, 0.1) is 5.41 Å². The van der Waals surface area contributed by atoms with Crippen molar-refractivity contribution in [3.8, 4) is 0 Å². The van der Waals surface area contributed by atoms with Gasteiger partial charge in [0.1, 0.15) is 11.4 Å². The molecule has 4 N–H and O–H groups in total. The largest absolute Gasteiger partial charge is 0.478 e. The van der Waals surface area contributed by atoms with Crippen molar-refractivity contribution in [3.63, 3.8) is 0 Å². The van der Waals surface area contributed by atoms with Gasteiger partial charge in [0, 0.05) is 5.56 Å². The van der Waals surface area contributed by atoms with Crippen LogP contribution in [0.1, 0.15) is 47.1 Å². The Morgan fingerprint density at radius 2 is 1.84 bits per heavy atom. The number of nitrogens with one attached hydrogen (secondary N) is 1. The summed E-state index contributed by atoms with van der Waals surface area (Å²) in [5, 5.41) is 16.3. The highest BCUT2D eigenvalue weighted by Crippen LogP contribution is 2.16. The highest BCUT2D eigenvalue weighted by atomic mass is 16.6. The van der Waals surface area contributed by atoms with Crippen molar-refractivity contribution in [3.05, 3.63) is 34.9 Å². The van der Waals surface area contributed by atoms with Gasteiger partial charge in [-0.15, -0.1) is 0 Å². The van der Waals surface area contributed by atoms with E-state index in [1.807, 2.05) is 0 Å². The molecule has 19 heavy (non-hydrogen) atoms. The smallest absolute Gasteiger partial charge is 0.338 e. The van der Waals surface area contributed by atoms with E-state index in [0.717, 1.165) is 0 Å². The standard InChI is InChI=1S/C13H16N2O4/c1-13(2,3)19-12(18)7-4-5-8(11(16)17)9(6-7)10(14)15/h4-6H,1-3H3,(H3,14,15)(H,16,17). The van der Waals surface area contributed by atoms with Crippen LogP contribution in [0.15, 0.2) is 18.2 Å². The molecule has 0 aliphatic rings. The molecule has 0 unspecified atom stereocenters. The Hall–Kier alpha value is -2.37. The van der Waals surface area contributed by atoms with E-state index in [9.17, 15) is 9.59 Å². The van der Waals surface area contributed by atoms with Gasteiger partial charge in [-0.25, -0.2) is 9.59 Å². The quantitative estimate of drug-likeness (QED) is 0.436. The van der Waals surface area contributed by atoms with Crippen LogP contribution in [-0.4, -0.2) is 28.5 Å². The first-order valence-corrected chi connectivity index (χ1v) is 5.57. The molecule has 0 aromatic heterocycles. The van der Waals surface area contributed by atoms with Gasteiger partial charge >= 0.3 is 11.9 Å². The van der Waals surface area contributed by atoms with Gasteiger partial charge in [-0.05, 0) is 39.0 Å². The molecule has 6 nitrogen and oxygen atoms in total. The molecule has 0 radical (unpaired) electrons. The van der Waals surface area contributed by atoms with Crippen LogP contribution >= 0.6 is 0 Å². The number of carboxylic acid groups (broad SMARTS) is 1. The number of carboxylic acids is 1. The van der Waals surface area contributed by atoms with E-state index in [1.54, 1.807) is 20.8 Å². The number of esters is 1. The highest BCUT2D eigenvalue weighted by molar-refractivity contribution is 6.07. The lowest BCUT2D eigenvalue weighted by molar-refractivity contribution is 0.00691. The Labute approximate surface area is 110 Å². The average Bonchev–Trinajstić information content (AvgIpc) is 2.25. The van der Waals surface area contributed by atoms with Crippen LogP contribution in [0.3, 0.4) is 0 Å². The molecule has 0 fully saturated rings. The molecule has 0 aliphatic heterocycles. The second kappa shape index (κ2) is 5.09. The summed E-state index contributed by atoms with van der Waals surface area (Å²) < 4.78 is 5.16. The summed E-state index contributed by atoms with van der Waals surface area (Å²) in [6.45, 7) is 5.17. The zero-order chi connectivity index (χ0) is 14.8. The lowest BCUT2D eigenvalue weighted by Crippen LogP contribution is -2.24. The van der Waals surface area contributed by atoms with E-state index in [2.05, 4.69) is 0 Å². The van der Waals surface area contributed by atoms with E-state index >= 15 is 0 Å². The third-order valence-electron chi connectivity index (χ3n) is 2.17. The normalized spacial score (nSPS) is 10.9. The summed E-state index contributed by atoms with van der Waals surface area (Å²) in [4.78, 5) is 22.8. The van der Waals surface area contributed by atoms with Crippen LogP contribution in [0.5, 0.6) is 0 Å². The second-order valence-corrected chi connectivity index (χ2v) is 4.98. The maximum atomic E-state index is 11.8. The minimum Gasteiger partial charge on any atom is -0.478 e. The van der Waals surface area contributed by atoms with Gasteiger partial charge in [-0.3, -0.25) is 5.41 Å². The fraction of sp³-hybridized carbons (Fsp3) is 0.308. The van der Waals surface area contributed by atoms with Crippen molar-refractivity contribution in [1.29, 1.82) is 5.41 Å². The number of carbonyl (C=O) groups is 2. The molecule has 102 valence electrons. The first-order valence-electron chi connectivity index (χ1n) is 5.57. The van der Waals surface area contributed by atoms with E-state index in [0.29, 0.717) is 0 Å². The fourth-order valence-electron chi connectivity index (χ4n) is 1.42. The maximum absolute atomic E-state index is 11.8. The summed E-state index contributed by atoms with van der Waals surface area (Å²) >= 11 is 0.